The van der Waals surface area contributed by atoms with Gasteiger partial charge in [0.05, 0.1) is 18.1 Å². The minimum atomic E-state index is -1.21. The lowest BCUT2D eigenvalue weighted by Crippen LogP contribution is -2.42. The molecule has 1 aromatic heterocycles. The summed E-state index contributed by atoms with van der Waals surface area (Å²) in [7, 11) is 0. The summed E-state index contributed by atoms with van der Waals surface area (Å²) in [4.78, 5) is 18.6. The molecular formula is C19H24ClN3O2S. The third-order valence-electron chi connectivity index (χ3n) is 4.75. The van der Waals surface area contributed by atoms with E-state index in [1.165, 1.54) is 6.33 Å². The molecule has 7 heteroatoms. The van der Waals surface area contributed by atoms with Crippen molar-refractivity contribution >= 4 is 23.0 Å². The monoisotopic (exact) mass is 393 g/mol. The maximum atomic E-state index is 12.7. The third-order valence-corrected chi connectivity index (χ3v) is 6.61. The molecule has 0 aliphatic heterocycles. The summed E-state index contributed by atoms with van der Waals surface area (Å²) < 4.78 is 15.6. The zero-order valence-corrected chi connectivity index (χ0v) is 16.8. The average Bonchev–Trinajstić information content (AvgIpc) is 3.35. The number of halogens is 1. The highest BCUT2D eigenvalue weighted by Gasteiger charge is 2.48. The number of nitrogens with one attached hydrogen (secondary N) is 2. The highest BCUT2D eigenvalue weighted by Crippen LogP contribution is 2.52. The molecule has 1 aliphatic carbocycles. The van der Waals surface area contributed by atoms with Crippen LogP contribution in [-0.4, -0.2) is 19.3 Å². The van der Waals surface area contributed by atoms with Gasteiger partial charge in [-0.3, -0.25) is 4.79 Å². The first-order valence-electron chi connectivity index (χ1n) is 8.68. The number of aromatic amines is 1. The van der Waals surface area contributed by atoms with Crippen LogP contribution in [0, 0.1) is 0 Å². The van der Waals surface area contributed by atoms with Gasteiger partial charge in [0.2, 0.25) is 0 Å². The lowest BCUT2D eigenvalue weighted by molar-refractivity contribution is 0.467. The van der Waals surface area contributed by atoms with E-state index in [2.05, 4.69) is 14.7 Å². The van der Waals surface area contributed by atoms with Gasteiger partial charge in [0.25, 0.3) is 5.56 Å². The molecule has 1 aliphatic rings. The van der Waals surface area contributed by atoms with Crippen molar-refractivity contribution in [2.75, 3.05) is 0 Å². The molecule has 5 nitrogen and oxygen atoms in total. The Labute approximate surface area is 161 Å². The van der Waals surface area contributed by atoms with Crippen molar-refractivity contribution in [1.82, 2.24) is 14.7 Å². The summed E-state index contributed by atoms with van der Waals surface area (Å²) in [6.07, 6.45) is 4.12. The summed E-state index contributed by atoms with van der Waals surface area (Å²) in [6, 6.07) is 9.07. The van der Waals surface area contributed by atoms with Crippen molar-refractivity contribution in [3.05, 3.63) is 63.3 Å². The normalized spacial score (nSPS) is 18.3. The molecule has 3 rings (SSSR count). The summed E-state index contributed by atoms with van der Waals surface area (Å²) in [5, 5.41) is 0.668. The van der Waals surface area contributed by atoms with Gasteiger partial charge in [-0.15, -0.1) is 4.72 Å². The van der Waals surface area contributed by atoms with Crippen LogP contribution in [0.3, 0.4) is 0 Å². The van der Waals surface area contributed by atoms with Gasteiger partial charge in [-0.1, -0.05) is 23.7 Å². The van der Waals surface area contributed by atoms with E-state index in [1.54, 1.807) is 6.07 Å². The number of rotatable bonds is 6. The molecule has 1 heterocycles. The first-order valence-corrected chi connectivity index (χ1v) is 10.2. The van der Waals surface area contributed by atoms with Crippen molar-refractivity contribution in [2.45, 2.75) is 56.2 Å². The van der Waals surface area contributed by atoms with Crippen LogP contribution in [0.15, 0.2) is 41.5 Å². The minimum Gasteiger partial charge on any atom is -0.598 e. The van der Waals surface area contributed by atoms with Crippen molar-refractivity contribution in [3.63, 3.8) is 0 Å². The van der Waals surface area contributed by atoms with E-state index in [1.807, 2.05) is 45.0 Å². The highest BCUT2D eigenvalue weighted by molar-refractivity contribution is 7.90. The van der Waals surface area contributed by atoms with Crippen LogP contribution in [0.2, 0.25) is 5.02 Å². The first kappa shape index (κ1) is 19.4. The van der Waals surface area contributed by atoms with Crippen LogP contribution in [0.5, 0.6) is 0 Å². The van der Waals surface area contributed by atoms with Crippen LogP contribution in [0.1, 0.15) is 57.3 Å². The largest absolute Gasteiger partial charge is 0.598 e. The number of hydrogen-bond donors (Lipinski definition) is 2. The molecule has 1 aromatic carbocycles. The van der Waals surface area contributed by atoms with Crippen molar-refractivity contribution in [1.29, 1.82) is 0 Å². The quantitative estimate of drug-likeness (QED) is 0.734. The summed E-state index contributed by atoms with van der Waals surface area (Å²) in [5.74, 6) is 0. The first-order chi connectivity index (χ1) is 12.2. The van der Waals surface area contributed by atoms with Gasteiger partial charge in [0.1, 0.15) is 4.75 Å². The molecule has 0 radical (unpaired) electrons. The molecule has 0 bridgehead atoms. The summed E-state index contributed by atoms with van der Waals surface area (Å²) in [5.41, 5.74) is 1.55. The molecule has 2 atom stereocenters. The van der Waals surface area contributed by atoms with E-state index < -0.39 is 11.4 Å². The maximum absolute atomic E-state index is 12.7. The highest BCUT2D eigenvalue weighted by atomic mass is 35.5. The van der Waals surface area contributed by atoms with E-state index >= 15 is 0 Å². The molecule has 1 fully saturated rings. The minimum absolute atomic E-state index is 0.115. The standard InChI is InChI=1S/C19H24ClN3O2S/c1-18(2,3)26(25)23-15(13-4-6-14(20)7-5-13)11-19(8-9-19)16-10-17(24)22-12-21-16/h4-7,10,12,15,23H,8-9,11H2,1-3H3,(H,21,22,24)/t15-,26-/m0/s1. The van der Waals surface area contributed by atoms with Crippen molar-refractivity contribution < 1.29 is 4.55 Å². The Kier molecular flexibility index (Phi) is 5.49. The Morgan fingerprint density at radius 1 is 1.35 bits per heavy atom. The topological polar surface area (TPSA) is 80.8 Å². The Morgan fingerprint density at radius 3 is 2.54 bits per heavy atom. The van der Waals surface area contributed by atoms with E-state index in [0.29, 0.717) is 5.02 Å². The molecule has 1 saturated carbocycles. The second-order valence-electron chi connectivity index (χ2n) is 7.88. The predicted octanol–water partition coefficient (Wildman–Crippen LogP) is 3.64. The molecular weight excluding hydrogens is 370 g/mol. The smallest absolute Gasteiger partial charge is 0.250 e. The second kappa shape index (κ2) is 7.35. The number of aromatic nitrogens is 2. The SMILES string of the molecule is CC(C)(C)[S@+]([O-])N[C@@H](CC1(c2cc(=O)[nH]cn2)CC1)c1ccc(Cl)cc1. The molecule has 0 saturated heterocycles. The molecule has 0 unspecified atom stereocenters. The molecule has 2 aromatic rings. The predicted molar refractivity (Wildman–Crippen MR) is 106 cm³/mol. The molecule has 0 spiro atoms. The van der Waals surface area contributed by atoms with E-state index in [4.69, 9.17) is 11.6 Å². The lowest BCUT2D eigenvalue weighted by atomic mass is 9.90. The molecule has 140 valence electrons. The molecule has 0 amide bonds. The fourth-order valence-corrected chi connectivity index (χ4v) is 3.95. The average molecular weight is 394 g/mol. The zero-order chi connectivity index (χ0) is 18.9. The van der Waals surface area contributed by atoms with Crippen LogP contribution in [0.4, 0.5) is 0 Å². The fourth-order valence-electron chi connectivity index (χ4n) is 2.99. The van der Waals surface area contributed by atoms with Gasteiger partial charge in [-0.25, -0.2) is 4.98 Å². The maximum Gasteiger partial charge on any atom is 0.250 e. The van der Waals surface area contributed by atoms with Crippen LogP contribution < -0.4 is 10.3 Å². The fraction of sp³-hybridized carbons (Fsp3) is 0.474. The lowest BCUT2D eigenvalue weighted by Gasteiger charge is -2.30. The number of H-pyrrole nitrogens is 1. The number of nitrogens with zero attached hydrogens (tertiary/aromatic N) is 1. The van der Waals surface area contributed by atoms with E-state index in [-0.39, 0.29) is 21.8 Å². The Morgan fingerprint density at radius 2 is 2.00 bits per heavy atom. The molecule has 26 heavy (non-hydrogen) atoms. The Balaban J connectivity index is 1.88. The van der Waals surface area contributed by atoms with Crippen LogP contribution in [-0.2, 0) is 16.8 Å². The van der Waals surface area contributed by atoms with E-state index in [0.717, 1.165) is 30.5 Å². The Hall–Kier alpha value is -1.34. The number of benzene rings is 1. The van der Waals surface area contributed by atoms with Crippen molar-refractivity contribution in [3.8, 4) is 0 Å². The van der Waals surface area contributed by atoms with Crippen molar-refractivity contribution in [2.24, 2.45) is 0 Å². The van der Waals surface area contributed by atoms with Crippen LogP contribution in [0.25, 0.3) is 0 Å². The van der Waals surface area contributed by atoms with Gasteiger partial charge < -0.3 is 9.54 Å². The number of hydrogen-bond acceptors (Lipinski definition) is 4. The Bertz CT molecular complexity index is 813. The van der Waals surface area contributed by atoms with Gasteiger partial charge in [-0.05, 0) is 57.7 Å². The van der Waals surface area contributed by atoms with Gasteiger partial charge in [0, 0.05) is 27.9 Å². The van der Waals surface area contributed by atoms with Gasteiger partial charge in [-0.2, -0.15) is 0 Å². The van der Waals surface area contributed by atoms with Crippen LogP contribution >= 0.6 is 11.6 Å². The second-order valence-corrected chi connectivity index (χ2v) is 10.3. The van der Waals surface area contributed by atoms with E-state index in [9.17, 15) is 9.35 Å². The third kappa shape index (κ3) is 4.49. The van der Waals surface area contributed by atoms with Gasteiger partial charge in [0.15, 0.2) is 0 Å². The zero-order valence-electron chi connectivity index (χ0n) is 15.2. The summed E-state index contributed by atoms with van der Waals surface area (Å²) in [6.45, 7) is 5.83. The summed E-state index contributed by atoms with van der Waals surface area (Å²) >= 11 is 4.81. The molecule has 2 N–H and O–H groups in total. The van der Waals surface area contributed by atoms with Gasteiger partial charge >= 0.3 is 0 Å².